The van der Waals surface area contributed by atoms with E-state index in [9.17, 15) is 14.4 Å². The van der Waals surface area contributed by atoms with Gasteiger partial charge in [-0.15, -0.1) is 0 Å². The molecule has 2 amide bonds. The summed E-state index contributed by atoms with van der Waals surface area (Å²) in [5.41, 5.74) is 0. The summed E-state index contributed by atoms with van der Waals surface area (Å²) in [4.78, 5) is 37.0. The third-order valence-corrected chi connectivity index (χ3v) is 4.13. The smallest absolute Gasteiger partial charge is 0.233 e. The first-order valence-electron chi connectivity index (χ1n) is 8.42. The maximum absolute atomic E-state index is 12.1. The highest BCUT2D eigenvalue weighted by Crippen LogP contribution is 2.26. The second-order valence-electron chi connectivity index (χ2n) is 6.82. The van der Waals surface area contributed by atoms with Crippen molar-refractivity contribution < 1.29 is 14.4 Å². The summed E-state index contributed by atoms with van der Waals surface area (Å²) in [5, 5.41) is 3.11. The van der Waals surface area contributed by atoms with E-state index in [1.807, 2.05) is 27.7 Å². The highest BCUT2D eigenvalue weighted by Gasteiger charge is 2.39. The molecule has 1 atom stereocenters. The number of carbonyl (C=O) groups is 3. The van der Waals surface area contributed by atoms with Gasteiger partial charge in [0.2, 0.25) is 11.8 Å². The fourth-order valence-electron chi connectivity index (χ4n) is 2.64. The third-order valence-electron chi connectivity index (χ3n) is 4.13. The van der Waals surface area contributed by atoms with Crippen molar-refractivity contribution in [2.24, 2.45) is 11.8 Å². The van der Waals surface area contributed by atoms with Gasteiger partial charge in [-0.3, -0.25) is 19.3 Å². The van der Waals surface area contributed by atoms with Gasteiger partial charge in [-0.1, -0.05) is 34.1 Å². The topological polar surface area (TPSA) is 66.5 Å². The second kappa shape index (κ2) is 9.03. The zero-order chi connectivity index (χ0) is 16.7. The number of imide groups is 1. The van der Waals surface area contributed by atoms with Crippen LogP contribution in [0.15, 0.2) is 0 Å². The number of nitrogens with zero attached hydrogens (tertiary/aromatic N) is 1. The Morgan fingerprint density at radius 2 is 1.86 bits per heavy atom. The van der Waals surface area contributed by atoms with Crippen LogP contribution in [0.4, 0.5) is 0 Å². The van der Waals surface area contributed by atoms with Crippen LogP contribution in [0.3, 0.4) is 0 Å². The van der Waals surface area contributed by atoms with Gasteiger partial charge in [-0.25, -0.2) is 0 Å². The van der Waals surface area contributed by atoms with E-state index in [0.29, 0.717) is 32.0 Å². The monoisotopic (exact) mass is 310 g/mol. The Kier molecular flexibility index (Phi) is 7.73. The van der Waals surface area contributed by atoms with Crippen LogP contribution in [0, 0.1) is 11.8 Å². The predicted molar refractivity (Wildman–Crippen MR) is 86.3 cm³/mol. The molecule has 1 fully saturated rings. The first-order chi connectivity index (χ1) is 10.3. The van der Waals surface area contributed by atoms with E-state index in [1.54, 1.807) is 0 Å². The van der Waals surface area contributed by atoms with Gasteiger partial charge in [0.15, 0.2) is 0 Å². The standard InChI is InChI=1S/C17H30N2O3/c1-12(2)15-10-16(21)19(17(15)22)9-7-5-6-8-14(20)11-18-13(3)4/h12-13,15,18H,5-11H2,1-4H3. The predicted octanol–water partition coefficient (Wildman–Crippen LogP) is 2.14. The van der Waals surface area contributed by atoms with Crippen LogP contribution in [0.1, 0.15) is 59.8 Å². The second-order valence-corrected chi connectivity index (χ2v) is 6.82. The minimum absolute atomic E-state index is 0.0165. The summed E-state index contributed by atoms with van der Waals surface area (Å²) in [6.45, 7) is 8.92. The molecule has 1 N–H and O–H groups in total. The zero-order valence-electron chi connectivity index (χ0n) is 14.4. The molecule has 0 aromatic heterocycles. The minimum atomic E-state index is -0.142. The fraction of sp³-hybridized carbons (Fsp3) is 0.824. The van der Waals surface area contributed by atoms with E-state index < -0.39 is 0 Å². The molecular weight excluding hydrogens is 280 g/mol. The lowest BCUT2D eigenvalue weighted by molar-refractivity contribution is -0.139. The highest BCUT2D eigenvalue weighted by atomic mass is 16.2. The van der Waals surface area contributed by atoms with Crippen molar-refractivity contribution in [3.05, 3.63) is 0 Å². The maximum Gasteiger partial charge on any atom is 0.233 e. The molecule has 0 aromatic carbocycles. The molecule has 5 nitrogen and oxygen atoms in total. The summed E-state index contributed by atoms with van der Waals surface area (Å²) in [6, 6.07) is 0.324. The molecule has 1 saturated heterocycles. The molecule has 0 radical (unpaired) electrons. The van der Waals surface area contributed by atoms with Crippen LogP contribution in [-0.2, 0) is 14.4 Å². The summed E-state index contributed by atoms with van der Waals surface area (Å²) < 4.78 is 0. The van der Waals surface area contributed by atoms with Crippen molar-refractivity contribution >= 4 is 17.6 Å². The van der Waals surface area contributed by atoms with Crippen molar-refractivity contribution in [3.8, 4) is 0 Å². The van der Waals surface area contributed by atoms with Crippen molar-refractivity contribution in [3.63, 3.8) is 0 Å². The third kappa shape index (κ3) is 5.87. The molecule has 1 aliphatic heterocycles. The molecule has 0 spiro atoms. The molecule has 0 aliphatic carbocycles. The average molecular weight is 310 g/mol. The first-order valence-corrected chi connectivity index (χ1v) is 8.42. The molecule has 1 aliphatic rings. The molecule has 22 heavy (non-hydrogen) atoms. The largest absolute Gasteiger partial charge is 0.308 e. The SMILES string of the molecule is CC(C)NCC(=O)CCCCCN1C(=O)CC(C(C)C)C1=O. The molecule has 1 rings (SSSR count). The van der Waals surface area contributed by atoms with E-state index in [2.05, 4.69) is 5.32 Å². The minimum Gasteiger partial charge on any atom is -0.308 e. The highest BCUT2D eigenvalue weighted by molar-refractivity contribution is 6.03. The van der Waals surface area contributed by atoms with Crippen LogP contribution in [0.25, 0.3) is 0 Å². The summed E-state index contributed by atoms with van der Waals surface area (Å²) in [5.74, 6) is 0.240. The number of likely N-dealkylation sites (tertiary alicyclic amines) is 1. The lowest BCUT2D eigenvalue weighted by atomic mass is 9.94. The van der Waals surface area contributed by atoms with E-state index in [-0.39, 0.29) is 29.4 Å². The Morgan fingerprint density at radius 1 is 1.18 bits per heavy atom. The number of amides is 2. The molecule has 0 saturated carbocycles. The fourth-order valence-corrected chi connectivity index (χ4v) is 2.64. The van der Waals surface area contributed by atoms with Crippen molar-refractivity contribution in [2.45, 2.75) is 65.8 Å². The first kappa shape index (κ1) is 18.8. The maximum atomic E-state index is 12.1. The Balaban J connectivity index is 2.18. The number of hydrogen-bond acceptors (Lipinski definition) is 4. The number of rotatable bonds is 10. The van der Waals surface area contributed by atoms with Crippen molar-refractivity contribution in [2.75, 3.05) is 13.1 Å². The Morgan fingerprint density at radius 3 is 2.41 bits per heavy atom. The van der Waals surface area contributed by atoms with E-state index in [4.69, 9.17) is 0 Å². The molecule has 0 bridgehead atoms. The number of carbonyl (C=O) groups excluding carboxylic acids is 3. The number of hydrogen-bond donors (Lipinski definition) is 1. The van der Waals surface area contributed by atoms with Gasteiger partial charge in [-0.2, -0.15) is 0 Å². The zero-order valence-corrected chi connectivity index (χ0v) is 14.4. The normalized spacial score (nSPS) is 18.8. The van der Waals surface area contributed by atoms with Gasteiger partial charge >= 0.3 is 0 Å². The molecule has 126 valence electrons. The van der Waals surface area contributed by atoms with Gasteiger partial charge in [0.25, 0.3) is 0 Å². The van der Waals surface area contributed by atoms with Gasteiger partial charge in [0, 0.05) is 31.3 Å². The lowest BCUT2D eigenvalue weighted by Gasteiger charge is -2.16. The Labute approximate surface area is 133 Å². The summed E-state index contributed by atoms with van der Waals surface area (Å²) in [7, 11) is 0. The number of ketones is 1. The molecular formula is C17H30N2O3. The van der Waals surface area contributed by atoms with Gasteiger partial charge in [0.1, 0.15) is 5.78 Å². The van der Waals surface area contributed by atoms with Crippen LogP contribution in [0.2, 0.25) is 0 Å². The molecule has 0 aromatic rings. The van der Waals surface area contributed by atoms with E-state index in [1.165, 1.54) is 4.90 Å². The van der Waals surface area contributed by atoms with Crippen LogP contribution < -0.4 is 5.32 Å². The van der Waals surface area contributed by atoms with Crippen molar-refractivity contribution in [1.82, 2.24) is 10.2 Å². The lowest BCUT2D eigenvalue weighted by Crippen LogP contribution is -2.32. The quantitative estimate of drug-likeness (QED) is 0.496. The van der Waals surface area contributed by atoms with E-state index >= 15 is 0 Å². The Hall–Kier alpha value is -1.23. The molecule has 5 heteroatoms. The average Bonchev–Trinajstić information content (AvgIpc) is 2.72. The van der Waals surface area contributed by atoms with Crippen LogP contribution in [0.5, 0.6) is 0 Å². The van der Waals surface area contributed by atoms with Crippen molar-refractivity contribution in [1.29, 1.82) is 0 Å². The van der Waals surface area contributed by atoms with Gasteiger partial charge in [0.05, 0.1) is 6.54 Å². The number of Topliss-reactive ketones (excluding diaryl/α,β-unsaturated/α-hetero) is 1. The van der Waals surface area contributed by atoms with Gasteiger partial charge < -0.3 is 5.32 Å². The number of unbranched alkanes of at least 4 members (excludes halogenated alkanes) is 2. The van der Waals surface area contributed by atoms with Gasteiger partial charge in [-0.05, 0) is 18.8 Å². The summed E-state index contributed by atoms with van der Waals surface area (Å²) in [6.07, 6.45) is 3.40. The Bertz CT molecular complexity index is 405. The number of nitrogens with one attached hydrogen (secondary N) is 1. The molecule has 1 heterocycles. The summed E-state index contributed by atoms with van der Waals surface area (Å²) >= 11 is 0. The molecule has 1 unspecified atom stereocenters. The van der Waals surface area contributed by atoms with Crippen LogP contribution >= 0.6 is 0 Å². The van der Waals surface area contributed by atoms with E-state index in [0.717, 1.165) is 19.3 Å². The van der Waals surface area contributed by atoms with Crippen LogP contribution in [-0.4, -0.2) is 41.6 Å².